The summed E-state index contributed by atoms with van der Waals surface area (Å²) in [6.45, 7) is 13.0. The van der Waals surface area contributed by atoms with E-state index in [2.05, 4.69) is 65.8 Å². The Morgan fingerprint density at radius 1 is 0.613 bits per heavy atom. The fraction of sp³-hybridized carbons (Fsp3) is 0.308. The van der Waals surface area contributed by atoms with Gasteiger partial charge in [0.25, 0.3) is 0 Å². The molecule has 3 nitrogen and oxygen atoms in total. The van der Waals surface area contributed by atoms with Crippen molar-refractivity contribution in [3.63, 3.8) is 0 Å². The summed E-state index contributed by atoms with van der Waals surface area (Å²) >= 11 is -2.71. The Kier molecular flexibility index (Phi) is 6.99. The molecule has 0 aliphatic carbocycles. The Bertz CT molecular complexity index is 1050. The third kappa shape index (κ3) is 5.96. The molecule has 3 aromatic carbocycles. The Morgan fingerprint density at radius 3 is 1.35 bits per heavy atom. The Hall–Kier alpha value is -1.70. The van der Waals surface area contributed by atoms with Gasteiger partial charge in [0.15, 0.2) is 0 Å². The van der Waals surface area contributed by atoms with Gasteiger partial charge in [-0.15, -0.1) is 0 Å². The van der Waals surface area contributed by atoms with Gasteiger partial charge in [0, 0.05) is 0 Å². The second-order valence-electron chi connectivity index (χ2n) is 9.59. The quantitative estimate of drug-likeness (QED) is 0.317. The molecule has 0 aliphatic heterocycles. The molecule has 0 radical (unpaired) electrons. The molecule has 31 heavy (non-hydrogen) atoms. The molecule has 0 spiro atoms. The topological polar surface area (TPSA) is 43.4 Å². The summed E-state index contributed by atoms with van der Waals surface area (Å²) in [6, 6.07) is 24.8. The van der Waals surface area contributed by atoms with Crippen LogP contribution in [0.15, 0.2) is 83.8 Å². The summed E-state index contributed by atoms with van der Waals surface area (Å²) < 4.78 is 34.0. The molecule has 0 saturated carbocycles. The number of hydrogen-bond donors (Lipinski definition) is 0. The summed E-state index contributed by atoms with van der Waals surface area (Å²) in [5.74, 6) is 0. The Labute approximate surface area is 194 Å². The van der Waals surface area contributed by atoms with Crippen LogP contribution in [0.4, 0.5) is 0 Å². The molecule has 0 aliphatic rings. The van der Waals surface area contributed by atoms with E-state index in [4.69, 9.17) is 2.51 Å². The van der Waals surface area contributed by atoms with E-state index in [0.717, 1.165) is 7.14 Å². The second-order valence-corrected chi connectivity index (χ2v) is 16.1. The van der Waals surface area contributed by atoms with Gasteiger partial charge < -0.3 is 0 Å². The minimum absolute atomic E-state index is 0.0307. The van der Waals surface area contributed by atoms with Gasteiger partial charge in [0.2, 0.25) is 0 Å². The van der Waals surface area contributed by atoms with Crippen LogP contribution < -0.4 is 0 Å². The number of rotatable bonds is 5. The summed E-state index contributed by atoms with van der Waals surface area (Å²) in [4.78, 5) is 0.190. The van der Waals surface area contributed by atoms with E-state index in [1.165, 1.54) is 11.1 Å². The summed E-state index contributed by atoms with van der Waals surface area (Å²) in [6.07, 6.45) is 0. The van der Waals surface area contributed by atoms with Crippen LogP contribution in [0.1, 0.15) is 52.7 Å². The number of halogens is 1. The van der Waals surface area contributed by atoms with E-state index in [-0.39, 0.29) is 15.7 Å². The van der Waals surface area contributed by atoms with Crippen LogP contribution in [0.25, 0.3) is 0 Å². The van der Waals surface area contributed by atoms with E-state index in [0.29, 0.717) is 0 Å². The van der Waals surface area contributed by atoms with E-state index < -0.39 is 30.4 Å². The van der Waals surface area contributed by atoms with E-state index in [1.807, 2.05) is 24.3 Å². The van der Waals surface area contributed by atoms with Crippen molar-refractivity contribution in [3.05, 3.63) is 97.1 Å². The molecule has 0 fully saturated rings. The van der Waals surface area contributed by atoms with Gasteiger partial charge in [0.1, 0.15) is 0 Å². The van der Waals surface area contributed by atoms with Gasteiger partial charge in [-0.1, -0.05) is 0 Å². The van der Waals surface area contributed by atoms with Gasteiger partial charge in [0.05, 0.1) is 0 Å². The first kappa shape index (κ1) is 24.0. The Balaban J connectivity index is 2.04. The van der Waals surface area contributed by atoms with Crippen molar-refractivity contribution >= 4 is 30.4 Å². The molecule has 0 bridgehead atoms. The average Bonchev–Trinajstić information content (AvgIpc) is 2.72. The molecule has 3 rings (SSSR count). The molecule has 5 heteroatoms. The Morgan fingerprint density at radius 2 is 1.00 bits per heavy atom. The molecule has 0 heterocycles. The van der Waals surface area contributed by atoms with Crippen LogP contribution in [0.3, 0.4) is 0 Å². The van der Waals surface area contributed by atoms with Crippen LogP contribution >= 0.6 is 20.2 Å². The van der Waals surface area contributed by atoms with Crippen LogP contribution in [-0.4, -0.2) is 8.42 Å². The molecule has 0 unspecified atom stereocenters. The summed E-state index contributed by atoms with van der Waals surface area (Å²) in [5.41, 5.74) is 2.48. The SMILES string of the molecule is CC(C)(C)c1ccc(I(OS(=O)(=O)c2ccccc2)c2ccc(C(C)(C)C)cc2)cc1. The predicted molar refractivity (Wildman–Crippen MR) is 136 cm³/mol. The van der Waals surface area contributed by atoms with Gasteiger partial charge in [-0.2, -0.15) is 0 Å². The monoisotopic (exact) mass is 550 g/mol. The van der Waals surface area contributed by atoms with Crippen LogP contribution in [-0.2, 0) is 23.5 Å². The fourth-order valence-corrected chi connectivity index (χ4v) is 9.94. The molecular formula is C26H31IO3S. The average molecular weight is 551 g/mol. The maximum absolute atomic E-state index is 13.1. The van der Waals surface area contributed by atoms with E-state index in [1.54, 1.807) is 30.3 Å². The van der Waals surface area contributed by atoms with E-state index in [9.17, 15) is 8.42 Å². The predicted octanol–water partition coefficient (Wildman–Crippen LogP) is 7.15. The molecular weight excluding hydrogens is 519 g/mol. The van der Waals surface area contributed by atoms with Crippen LogP contribution in [0.5, 0.6) is 0 Å². The van der Waals surface area contributed by atoms with Crippen LogP contribution in [0, 0.1) is 7.14 Å². The molecule has 0 atom stereocenters. The van der Waals surface area contributed by atoms with Crippen molar-refractivity contribution in [2.24, 2.45) is 0 Å². The van der Waals surface area contributed by atoms with E-state index >= 15 is 0 Å². The molecule has 166 valence electrons. The van der Waals surface area contributed by atoms with Crippen LogP contribution in [0.2, 0.25) is 0 Å². The zero-order valence-electron chi connectivity index (χ0n) is 19.0. The third-order valence-corrected chi connectivity index (χ3v) is 12.3. The van der Waals surface area contributed by atoms with Gasteiger partial charge >= 0.3 is 196 Å². The third-order valence-electron chi connectivity index (χ3n) is 4.99. The van der Waals surface area contributed by atoms with Crippen molar-refractivity contribution in [3.8, 4) is 0 Å². The van der Waals surface area contributed by atoms with Crippen molar-refractivity contribution < 1.29 is 10.9 Å². The second kappa shape index (κ2) is 9.04. The van der Waals surface area contributed by atoms with Gasteiger partial charge in [-0.05, 0) is 0 Å². The zero-order valence-corrected chi connectivity index (χ0v) is 22.0. The first-order valence-electron chi connectivity index (χ1n) is 10.3. The standard InChI is InChI=1S/C26H31IO3S/c1-25(2,3)20-12-16-22(17-13-20)27(23-18-14-21(15-19-23)26(4,5)6)30-31(28,29)24-10-8-7-9-11-24/h7-19H,1-6H3. The fourth-order valence-electron chi connectivity index (χ4n) is 3.03. The molecule has 3 aromatic rings. The van der Waals surface area contributed by atoms with Crippen molar-refractivity contribution in [2.45, 2.75) is 57.3 Å². The van der Waals surface area contributed by atoms with Crippen molar-refractivity contribution in [2.75, 3.05) is 0 Å². The van der Waals surface area contributed by atoms with Gasteiger partial charge in [-0.25, -0.2) is 0 Å². The number of hydrogen-bond acceptors (Lipinski definition) is 3. The molecule has 0 N–H and O–H groups in total. The molecule has 0 aromatic heterocycles. The first-order valence-corrected chi connectivity index (χ1v) is 14.7. The summed E-state index contributed by atoms with van der Waals surface area (Å²) in [7, 11) is -3.86. The maximum atomic E-state index is 13.1. The zero-order chi connectivity index (χ0) is 22.9. The summed E-state index contributed by atoms with van der Waals surface area (Å²) in [5, 5.41) is 0. The minimum atomic E-state index is -3.86. The first-order chi connectivity index (χ1) is 14.4. The normalized spacial score (nSPS) is 13.2. The number of benzene rings is 3. The van der Waals surface area contributed by atoms with Crippen molar-refractivity contribution in [1.29, 1.82) is 0 Å². The molecule has 0 saturated heterocycles. The molecule has 0 amide bonds. The van der Waals surface area contributed by atoms with Gasteiger partial charge in [-0.3, -0.25) is 0 Å². The van der Waals surface area contributed by atoms with Crippen molar-refractivity contribution in [1.82, 2.24) is 0 Å².